The molecule has 0 unspecified atom stereocenters. The summed E-state index contributed by atoms with van der Waals surface area (Å²) in [6.07, 6.45) is 1.18. The highest BCUT2D eigenvalue weighted by Gasteiger charge is 2.22. The van der Waals surface area contributed by atoms with E-state index in [2.05, 4.69) is 10.6 Å². The Bertz CT molecular complexity index is 1240. The van der Waals surface area contributed by atoms with Crippen molar-refractivity contribution in [3.05, 3.63) is 93.7 Å². The van der Waals surface area contributed by atoms with Crippen molar-refractivity contribution >= 4 is 29.3 Å². The summed E-state index contributed by atoms with van der Waals surface area (Å²) in [6.45, 7) is 0. The van der Waals surface area contributed by atoms with Gasteiger partial charge in [0.2, 0.25) is 0 Å². The van der Waals surface area contributed by atoms with E-state index in [1.165, 1.54) is 56.7 Å². The number of nitrogens with one attached hydrogen (secondary N) is 2. The largest absolute Gasteiger partial charge is 0.508 e. The third-order valence-corrected chi connectivity index (χ3v) is 4.68. The molecular weight excluding hydrogens is 442 g/mol. The first-order valence-electron chi connectivity index (χ1n) is 9.91. The van der Waals surface area contributed by atoms with Crippen molar-refractivity contribution in [2.75, 3.05) is 19.5 Å². The van der Waals surface area contributed by atoms with Gasteiger partial charge in [-0.2, -0.15) is 0 Å². The number of phenols is 1. The highest BCUT2D eigenvalue weighted by Crippen LogP contribution is 2.35. The van der Waals surface area contributed by atoms with Crippen LogP contribution in [0.4, 0.5) is 11.4 Å². The van der Waals surface area contributed by atoms with E-state index in [1.807, 2.05) is 0 Å². The first kappa shape index (κ1) is 23.8. The van der Waals surface area contributed by atoms with Crippen molar-refractivity contribution in [2.45, 2.75) is 0 Å². The SMILES string of the molecule is COc1cc(C=C(NC(=O)c2ccccc2)C(=O)Nc2ccc(O)cc2)c([N+](=O)[O-])cc1OC. The fraction of sp³-hybridized carbons (Fsp3) is 0.0833. The molecule has 0 spiro atoms. The number of anilines is 1. The maximum atomic E-state index is 13.0. The molecule has 174 valence electrons. The molecule has 3 N–H and O–H groups in total. The molecule has 10 nitrogen and oxygen atoms in total. The number of phenolic OH excluding ortho intramolecular Hbond substituents is 1. The van der Waals surface area contributed by atoms with Gasteiger partial charge in [0.05, 0.1) is 30.8 Å². The number of benzene rings is 3. The predicted molar refractivity (Wildman–Crippen MR) is 125 cm³/mol. The standard InChI is InChI=1S/C24H21N3O7/c1-33-21-13-16(20(27(31)32)14-22(21)34-2)12-19(26-23(29)15-6-4-3-5-7-15)24(30)25-17-8-10-18(28)11-9-17/h3-14,28H,1-2H3,(H,25,30)(H,26,29). The van der Waals surface area contributed by atoms with Crippen LogP contribution in [0.1, 0.15) is 15.9 Å². The van der Waals surface area contributed by atoms with E-state index in [0.29, 0.717) is 5.69 Å². The summed E-state index contributed by atoms with van der Waals surface area (Å²) in [6, 6.07) is 16.3. The van der Waals surface area contributed by atoms with Crippen LogP contribution in [0.3, 0.4) is 0 Å². The number of hydrogen-bond donors (Lipinski definition) is 3. The summed E-state index contributed by atoms with van der Waals surface area (Å²) in [5.41, 5.74) is 0.0165. The van der Waals surface area contributed by atoms with E-state index >= 15 is 0 Å². The van der Waals surface area contributed by atoms with E-state index in [9.17, 15) is 24.8 Å². The van der Waals surface area contributed by atoms with Gasteiger partial charge in [-0.05, 0) is 48.5 Å². The Kier molecular flexibility index (Phi) is 7.45. The van der Waals surface area contributed by atoms with Gasteiger partial charge in [-0.1, -0.05) is 18.2 Å². The Morgan fingerprint density at radius 3 is 2.18 bits per heavy atom. The van der Waals surface area contributed by atoms with E-state index in [4.69, 9.17) is 9.47 Å². The predicted octanol–water partition coefficient (Wildman–Crippen LogP) is 3.73. The van der Waals surface area contributed by atoms with Gasteiger partial charge in [0.15, 0.2) is 11.5 Å². The Balaban J connectivity index is 2.06. The molecule has 0 heterocycles. The van der Waals surface area contributed by atoms with Crippen molar-refractivity contribution in [2.24, 2.45) is 0 Å². The summed E-state index contributed by atoms with van der Waals surface area (Å²) >= 11 is 0. The molecule has 0 saturated heterocycles. The van der Waals surface area contributed by atoms with Gasteiger partial charge in [0.1, 0.15) is 11.4 Å². The molecule has 0 aromatic heterocycles. The van der Waals surface area contributed by atoms with Gasteiger partial charge >= 0.3 is 0 Å². The lowest BCUT2D eigenvalue weighted by Crippen LogP contribution is -2.30. The highest BCUT2D eigenvalue weighted by molar-refractivity contribution is 6.11. The van der Waals surface area contributed by atoms with Gasteiger partial charge < -0.3 is 25.2 Å². The fourth-order valence-corrected chi connectivity index (χ4v) is 3.00. The van der Waals surface area contributed by atoms with E-state index < -0.39 is 16.7 Å². The molecule has 10 heteroatoms. The Labute approximate surface area is 194 Å². The first-order valence-corrected chi connectivity index (χ1v) is 9.91. The van der Waals surface area contributed by atoms with Crippen LogP contribution in [0.5, 0.6) is 17.2 Å². The molecule has 0 saturated carbocycles. The molecule has 2 amide bonds. The summed E-state index contributed by atoms with van der Waals surface area (Å²) in [5, 5.41) is 26.2. The molecule has 3 aromatic carbocycles. The van der Waals surface area contributed by atoms with E-state index in [-0.39, 0.29) is 39.8 Å². The summed E-state index contributed by atoms with van der Waals surface area (Å²) in [4.78, 5) is 36.8. The topological polar surface area (TPSA) is 140 Å². The lowest BCUT2D eigenvalue weighted by atomic mass is 10.1. The zero-order valence-corrected chi connectivity index (χ0v) is 18.3. The summed E-state index contributed by atoms with van der Waals surface area (Å²) in [5.74, 6) is -0.983. The minimum Gasteiger partial charge on any atom is -0.508 e. The quantitative estimate of drug-likeness (QED) is 0.200. The van der Waals surface area contributed by atoms with Crippen LogP contribution in [-0.2, 0) is 4.79 Å². The molecular formula is C24H21N3O7. The number of hydrogen-bond acceptors (Lipinski definition) is 7. The minimum atomic E-state index is -0.737. The second-order valence-electron chi connectivity index (χ2n) is 6.90. The minimum absolute atomic E-state index is 0.00636. The van der Waals surface area contributed by atoms with Crippen LogP contribution in [0, 0.1) is 10.1 Å². The van der Waals surface area contributed by atoms with Gasteiger partial charge in [0, 0.05) is 11.3 Å². The molecule has 0 bridgehead atoms. The van der Waals surface area contributed by atoms with Crippen LogP contribution < -0.4 is 20.1 Å². The number of nitro benzene ring substituents is 1. The molecule has 34 heavy (non-hydrogen) atoms. The first-order chi connectivity index (χ1) is 16.3. The third kappa shape index (κ3) is 5.68. The third-order valence-electron chi connectivity index (χ3n) is 4.68. The lowest BCUT2D eigenvalue weighted by molar-refractivity contribution is -0.385. The number of nitro groups is 1. The molecule has 0 atom stereocenters. The van der Waals surface area contributed by atoms with Gasteiger partial charge in [-0.3, -0.25) is 19.7 Å². The van der Waals surface area contributed by atoms with Crippen LogP contribution in [0.15, 0.2) is 72.4 Å². The number of carbonyl (C=O) groups excluding carboxylic acids is 2. The normalized spacial score (nSPS) is 10.8. The summed E-state index contributed by atoms with van der Waals surface area (Å²) in [7, 11) is 2.71. The Hall–Kier alpha value is -4.86. The zero-order valence-electron chi connectivity index (χ0n) is 18.3. The van der Waals surface area contributed by atoms with Crippen molar-refractivity contribution in [1.82, 2.24) is 5.32 Å². The van der Waals surface area contributed by atoms with Crippen molar-refractivity contribution < 1.29 is 29.1 Å². The van der Waals surface area contributed by atoms with Gasteiger partial charge in [-0.15, -0.1) is 0 Å². The lowest BCUT2D eigenvalue weighted by Gasteiger charge is -2.13. The highest BCUT2D eigenvalue weighted by atomic mass is 16.6. The second kappa shape index (κ2) is 10.6. The van der Waals surface area contributed by atoms with Crippen LogP contribution in [0.2, 0.25) is 0 Å². The monoisotopic (exact) mass is 463 g/mol. The molecule has 0 fully saturated rings. The maximum Gasteiger partial charge on any atom is 0.280 e. The van der Waals surface area contributed by atoms with E-state index in [1.54, 1.807) is 30.3 Å². The molecule has 0 radical (unpaired) electrons. The average molecular weight is 463 g/mol. The van der Waals surface area contributed by atoms with Crippen molar-refractivity contribution in [3.8, 4) is 17.2 Å². The Morgan fingerprint density at radius 1 is 0.971 bits per heavy atom. The van der Waals surface area contributed by atoms with Gasteiger partial charge in [0.25, 0.3) is 17.5 Å². The van der Waals surface area contributed by atoms with Crippen molar-refractivity contribution in [1.29, 1.82) is 0 Å². The fourth-order valence-electron chi connectivity index (χ4n) is 3.00. The van der Waals surface area contributed by atoms with Crippen molar-refractivity contribution in [3.63, 3.8) is 0 Å². The second-order valence-corrected chi connectivity index (χ2v) is 6.90. The molecule has 0 aliphatic rings. The number of ether oxygens (including phenoxy) is 2. The molecule has 3 aromatic rings. The summed E-state index contributed by atoms with van der Waals surface area (Å²) < 4.78 is 10.3. The van der Waals surface area contributed by atoms with Crippen LogP contribution in [0.25, 0.3) is 6.08 Å². The van der Waals surface area contributed by atoms with Gasteiger partial charge in [-0.25, -0.2) is 0 Å². The van der Waals surface area contributed by atoms with Crippen LogP contribution >= 0.6 is 0 Å². The smallest absolute Gasteiger partial charge is 0.280 e. The molecule has 0 aliphatic carbocycles. The number of carbonyl (C=O) groups is 2. The number of aromatic hydroxyl groups is 1. The number of methoxy groups -OCH3 is 2. The average Bonchev–Trinajstić information content (AvgIpc) is 2.84. The Morgan fingerprint density at radius 2 is 1.59 bits per heavy atom. The zero-order chi connectivity index (χ0) is 24.7. The molecule has 0 aliphatic heterocycles. The maximum absolute atomic E-state index is 13.0. The van der Waals surface area contributed by atoms with Crippen LogP contribution in [-0.4, -0.2) is 36.1 Å². The number of nitrogens with zero attached hydrogens (tertiary/aromatic N) is 1. The number of amides is 2. The molecule has 3 rings (SSSR count). The number of rotatable bonds is 8. The van der Waals surface area contributed by atoms with E-state index in [0.717, 1.165) is 0 Å².